The zero-order valence-corrected chi connectivity index (χ0v) is 33.7. The number of aliphatic hydroxyl groups excluding tert-OH is 1. The summed E-state index contributed by atoms with van der Waals surface area (Å²) in [4.78, 5) is 41.7. The number of ether oxygens (including phenoxy) is 2. The average molecular weight is 788 g/mol. The highest BCUT2D eigenvalue weighted by molar-refractivity contribution is 5.93. The standard InChI is InChI=1S/C47H57N5O6/c1-33-42(30-51-27-24-47(25-28-51)46(56)50-32-52(47)40-12-5-3-6-13-40)57-45(58-44(33)37-18-16-35(31-53)17-19-37)38-22-20-36(21-23-38)41-14-9-8-11-39(41)29-49-43(55)15-7-4-10-26-48-34(2)54/h3,5-6,8-9,11-14,16-23,33,42,44-45,53H,4,7,10,15,24-32H2,1-2H3,(H,48,54)(H,49,55)(H,50,56)/t33-,42+,44+,45+/m1/s1. The number of para-hydroxylation sites is 1. The van der Waals surface area contributed by atoms with Crippen LogP contribution in [0.15, 0.2) is 103 Å². The summed E-state index contributed by atoms with van der Waals surface area (Å²) < 4.78 is 13.6. The first-order chi connectivity index (χ1) is 28.2. The molecule has 306 valence electrons. The minimum absolute atomic E-state index is 0.0165. The number of carbonyl (C=O) groups excluding carboxylic acids is 3. The number of likely N-dealkylation sites (tertiary alicyclic amines) is 1. The molecule has 7 rings (SSSR count). The summed E-state index contributed by atoms with van der Waals surface area (Å²) >= 11 is 0. The van der Waals surface area contributed by atoms with E-state index in [9.17, 15) is 19.5 Å². The van der Waals surface area contributed by atoms with Gasteiger partial charge < -0.3 is 40.3 Å². The monoisotopic (exact) mass is 787 g/mol. The number of hydrogen-bond acceptors (Lipinski definition) is 8. The van der Waals surface area contributed by atoms with Crippen molar-refractivity contribution >= 4 is 23.4 Å². The highest BCUT2D eigenvalue weighted by Gasteiger charge is 2.51. The smallest absolute Gasteiger partial charge is 0.247 e. The van der Waals surface area contributed by atoms with Crippen molar-refractivity contribution in [2.24, 2.45) is 5.92 Å². The molecular formula is C47H57N5O6. The maximum absolute atomic E-state index is 13.3. The number of piperidine rings is 1. The van der Waals surface area contributed by atoms with Crippen LogP contribution in [0.3, 0.4) is 0 Å². The van der Waals surface area contributed by atoms with Crippen LogP contribution < -0.4 is 20.9 Å². The molecule has 3 fully saturated rings. The Balaban J connectivity index is 1.02. The fourth-order valence-corrected chi connectivity index (χ4v) is 8.63. The minimum atomic E-state index is -0.601. The van der Waals surface area contributed by atoms with Gasteiger partial charge in [0, 0.05) is 63.2 Å². The number of amides is 3. The van der Waals surface area contributed by atoms with Crippen LogP contribution in [0.4, 0.5) is 5.69 Å². The van der Waals surface area contributed by atoms with Crippen LogP contribution in [0.5, 0.6) is 0 Å². The molecule has 4 aromatic rings. The molecule has 4 N–H and O–H groups in total. The van der Waals surface area contributed by atoms with Gasteiger partial charge in [-0.25, -0.2) is 0 Å². The Bertz CT molecular complexity index is 1980. The number of carbonyl (C=O) groups is 3. The Hall–Kier alpha value is -5.07. The molecule has 11 heteroatoms. The molecule has 0 radical (unpaired) electrons. The Morgan fingerprint density at radius 2 is 1.55 bits per heavy atom. The van der Waals surface area contributed by atoms with Crippen LogP contribution in [0.1, 0.15) is 87.0 Å². The molecule has 3 heterocycles. The van der Waals surface area contributed by atoms with Crippen molar-refractivity contribution in [1.82, 2.24) is 20.9 Å². The molecule has 1 spiro atoms. The molecule has 0 bridgehead atoms. The molecular weight excluding hydrogens is 731 g/mol. The molecule has 0 saturated carbocycles. The number of rotatable bonds is 15. The molecule has 3 amide bonds. The van der Waals surface area contributed by atoms with Crippen LogP contribution in [0.2, 0.25) is 0 Å². The third kappa shape index (κ3) is 9.61. The fourth-order valence-electron chi connectivity index (χ4n) is 8.63. The van der Waals surface area contributed by atoms with Gasteiger partial charge in [-0.1, -0.05) is 104 Å². The van der Waals surface area contributed by atoms with Gasteiger partial charge in [-0.2, -0.15) is 0 Å². The first-order valence-corrected chi connectivity index (χ1v) is 20.8. The Kier molecular flexibility index (Phi) is 13.6. The van der Waals surface area contributed by atoms with Gasteiger partial charge in [0.25, 0.3) is 0 Å². The third-order valence-corrected chi connectivity index (χ3v) is 12.1. The van der Waals surface area contributed by atoms with Crippen molar-refractivity contribution in [1.29, 1.82) is 0 Å². The summed E-state index contributed by atoms with van der Waals surface area (Å²) in [5.74, 6) is 0.129. The van der Waals surface area contributed by atoms with E-state index in [0.717, 1.165) is 84.3 Å². The topological polar surface area (TPSA) is 132 Å². The van der Waals surface area contributed by atoms with E-state index in [1.807, 2.05) is 60.7 Å². The second kappa shape index (κ2) is 19.1. The normalized spacial score (nSPS) is 21.8. The second-order valence-corrected chi connectivity index (χ2v) is 15.9. The van der Waals surface area contributed by atoms with Crippen LogP contribution in [0.25, 0.3) is 11.1 Å². The first-order valence-electron chi connectivity index (χ1n) is 20.8. The van der Waals surface area contributed by atoms with Crippen LogP contribution in [-0.2, 0) is 37.0 Å². The van der Waals surface area contributed by atoms with Crippen LogP contribution >= 0.6 is 0 Å². The van der Waals surface area contributed by atoms with Gasteiger partial charge >= 0.3 is 0 Å². The lowest BCUT2D eigenvalue weighted by Gasteiger charge is -2.46. The highest BCUT2D eigenvalue weighted by atomic mass is 16.7. The molecule has 0 unspecified atom stereocenters. The maximum atomic E-state index is 13.3. The van der Waals surface area contributed by atoms with E-state index in [1.165, 1.54) is 6.92 Å². The second-order valence-electron chi connectivity index (χ2n) is 15.9. The Morgan fingerprint density at radius 3 is 2.28 bits per heavy atom. The lowest BCUT2D eigenvalue weighted by Crippen LogP contribution is -2.57. The molecule has 3 aliphatic heterocycles. The lowest BCUT2D eigenvalue weighted by atomic mass is 9.84. The molecule has 0 aromatic heterocycles. The number of benzene rings is 4. The van der Waals surface area contributed by atoms with E-state index < -0.39 is 11.8 Å². The molecule has 58 heavy (non-hydrogen) atoms. The Labute approximate surface area is 342 Å². The van der Waals surface area contributed by atoms with E-state index in [0.29, 0.717) is 32.7 Å². The molecule has 3 saturated heterocycles. The van der Waals surface area contributed by atoms with E-state index >= 15 is 0 Å². The van der Waals surface area contributed by atoms with Gasteiger partial charge in [-0.15, -0.1) is 0 Å². The summed E-state index contributed by atoms with van der Waals surface area (Å²) in [5, 5.41) is 18.7. The summed E-state index contributed by atoms with van der Waals surface area (Å²) in [5.41, 5.74) is 6.43. The third-order valence-electron chi connectivity index (χ3n) is 12.1. The maximum Gasteiger partial charge on any atom is 0.247 e. The fraction of sp³-hybridized carbons (Fsp3) is 0.426. The quantitative estimate of drug-likeness (QED) is 0.102. The van der Waals surface area contributed by atoms with E-state index in [-0.39, 0.29) is 42.5 Å². The van der Waals surface area contributed by atoms with Gasteiger partial charge in [-0.3, -0.25) is 14.4 Å². The van der Waals surface area contributed by atoms with Crippen molar-refractivity contribution in [2.45, 2.75) is 89.6 Å². The van der Waals surface area contributed by atoms with Gasteiger partial charge in [0.15, 0.2) is 6.29 Å². The lowest BCUT2D eigenvalue weighted by molar-refractivity contribution is -0.276. The highest BCUT2D eigenvalue weighted by Crippen LogP contribution is 2.43. The summed E-state index contributed by atoms with van der Waals surface area (Å²) in [6.07, 6.45) is 3.46. The number of unbranched alkanes of at least 4 members (excludes halogenated alkanes) is 2. The number of nitrogens with zero attached hydrogens (tertiary/aromatic N) is 2. The number of nitrogens with one attached hydrogen (secondary N) is 3. The summed E-state index contributed by atoms with van der Waals surface area (Å²) in [7, 11) is 0. The Morgan fingerprint density at radius 1 is 0.845 bits per heavy atom. The predicted octanol–water partition coefficient (Wildman–Crippen LogP) is 6.38. The van der Waals surface area contributed by atoms with E-state index in [4.69, 9.17) is 9.47 Å². The SMILES string of the molecule is CC(=O)NCCCCCC(=O)NCc1ccccc1-c1ccc([C@H]2O[C@@H](CN3CCC4(CC3)C(=O)NCN4c3ccccc3)[C@@H](C)[C@@H](c3ccc(CO)cc3)O2)cc1. The number of hydrogen-bond donors (Lipinski definition) is 4. The zero-order chi connectivity index (χ0) is 40.5. The van der Waals surface area contributed by atoms with Crippen molar-refractivity contribution in [2.75, 3.05) is 37.7 Å². The summed E-state index contributed by atoms with van der Waals surface area (Å²) in [6, 6.07) is 34.6. The molecule has 11 nitrogen and oxygen atoms in total. The van der Waals surface area contributed by atoms with Crippen molar-refractivity contribution in [3.8, 4) is 11.1 Å². The molecule has 4 aromatic carbocycles. The van der Waals surface area contributed by atoms with Crippen LogP contribution in [-0.4, -0.2) is 72.2 Å². The van der Waals surface area contributed by atoms with Crippen molar-refractivity contribution in [3.63, 3.8) is 0 Å². The summed E-state index contributed by atoms with van der Waals surface area (Å²) in [6.45, 7) is 7.53. The minimum Gasteiger partial charge on any atom is -0.392 e. The number of anilines is 1. The largest absolute Gasteiger partial charge is 0.392 e. The van der Waals surface area contributed by atoms with Crippen LogP contribution in [0, 0.1) is 5.92 Å². The van der Waals surface area contributed by atoms with E-state index in [2.05, 4.69) is 75.1 Å². The van der Waals surface area contributed by atoms with Gasteiger partial charge in [0.2, 0.25) is 17.7 Å². The van der Waals surface area contributed by atoms with Crippen molar-refractivity contribution in [3.05, 3.63) is 125 Å². The van der Waals surface area contributed by atoms with Gasteiger partial charge in [-0.05, 0) is 65.6 Å². The van der Waals surface area contributed by atoms with E-state index in [1.54, 1.807) is 0 Å². The van der Waals surface area contributed by atoms with Crippen molar-refractivity contribution < 1.29 is 29.0 Å². The van der Waals surface area contributed by atoms with Gasteiger partial charge in [0.1, 0.15) is 5.54 Å². The number of aliphatic hydroxyl groups is 1. The molecule has 0 aliphatic carbocycles. The first kappa shape index (κ1) is 41.1. The molecule has 3 aliphatic rings. The predicted molar refractivity (Wildman–Crippen MR) is 224 cm³/mol. The zero-order valence-electron chi connectivity index (χ0n) is 33.7. The van der Waals surface area contributed by atoms with Gasteiger partial charge in [0.05, 0.1) is 25.5 Å². The average Bonchev–Trinajstić information content (AvgIpc) is 3.57. The molecule has 4 atom stereocenters.